The zero-order valence-electron chi connectivity index (χ0n) is 17.6. The molecular formula is C24H24N6OS. The number of carbonyl (C=O) groups excluding carboxylic acids is 1. The van der Waals surface area contributed by atoms with Gasteiger partial charge in [0.1, 0.15) is 11.5 Å². The maximum Gasteiger partial charge on any atom is 0.257 e. The number of rotatable bonds is 5. The second-order valence-electron chi connectivity index (χ2n) is 8.57. The molecule has 1 aliphatic carbocycles. The lowest BCUT2D eigenvalue weighted by Gasteiger charge is -2.31. The molecule has 4 aromatic rings. The van der Waals surface area contributed by atoms with Gasteiger partial charge >= 0.3 is 0 Å². The van der Waals surface area contributed by atoms with E-state index in [1.807, 2.05) is 63.6 Å². The molecule has 162 valence electrons. The van der Waals surface area contributed by atoms with Gasteiger partial charge in [0.05, 0.1) is 16.1 Å². The van der Waals surface area contributed by atoms with E-state index in [-0.39, 0.29) is 5.91 Å². The lowest BCUT2D eigenvalue weighted by Crippen LogP contribution is -2.38. The molecule has 0 spiro atoms. The van der Waals surface area contributed by atoms with Crippen LogP contribution in [-0.2, 0) is 0 Å². The van der Waals surface area contributed by atoms with Crippen molar-refractivity contribution in [1.82, 2.24) is 29.9 Å². The van der Waals surface area contributed by atoms with Crippen molar-refractivity contribution in [3.05, 3.63) is 71.3 Å². The minimum Gasteiger partial charge on any atom is -0.338 e. The number of aromatic amines is 1. The van der Waals surface area contributed by atoms with E-state index in [2.05, 4.69) is 10.2 Å². The predicted octanol–water partition coefficient (Wildman–Crippen LogP) is 4.62. The fourth-order valence-electron chi connectivity index (χ4n) is 4.36. The molecule has 8 heteroatoms. The van der Waals surface area contributed by atoms with E-state index in [1.54, 1.807) is 11.3 Å². The number of amides is 1. The van der Waals surface area contributed by atoms with E-state index in [1.165, 1.54) is 12.8 Å². The summed E-state index contributed by atoms with van der Waals surface area (Å²) in [6, 6.07) is 13.9. The Bertz CT molecular complexity index is 1220. The van der Waals surface area contributed by atoms with Gasteiger partial charge in [-0.3, -0.25) is 9.89 Å². The number of benzene rings is 1. The summed E-state index contributed by atoms with van der Waals surface area (Å²) in [6.07, 6.45) is 6.07. The molecule has 1 saturated heterocycles. The van der Waals surface area contributed by atoms with Crippen LogP contribution in [0, 0.1) is 0 Å². The first-order valence-electron chi connectivity index (χ1n) is 11.2. The average Bonchev–Trinajstić information content (AvgIpc) is 3.26. The van der Waals surface area contributed by atoms with E-state index < -0.39 is 0 Å². The number of hydrogen-bond acceptors (Lipinski definition) is 5. The van der Waals surface area contributed by atoms with Crippen molar-refractivity contribution < 1.29 is 4.79 Å². The van der Waals surface area contributed by atoms with Gasteiger partial charge in [-0.2, -0.15) is 10.2 Å². The Morgan fingerprint density at radius 3 is 2.53 bits per heavy atom. The first kappa shape index (κ1) is 19.4. The minimum absolute atomic E-state index is 0.0465. The molecule has 0 atom stereocenters. The highest BCUT2D eigenvalue weighted by molar-refractivity contribution is 7.13. The van der Waals surface area contributed by atoms with Gasteiger partial charge in [0.2, 0.25) is 0 Å². The molecule has 1 amide bonds. The Labute approximate surface area is 190 Å². The zero-order valence-corrected chi connectivity index (χ0v) is 18.5. The molecule has 2 aliphatic rings. The number of hydrogen-bond donors (Lipinski definition) is 1. The van der Waals surface area contributed by atoms with E-state index in [4.69, 9.17) is 10.1 Å². The van der Waals surface area contributed by atoms with Crippen LogP contribution in [0.5, 0.6) is 0 Å². The highest BCUT2D eigenvalue weighted by Crippen LogP contribution is 2.39. The molecular weight excluding hydrogens is 420 g/mol. The SMILES string of the molecule is O=C(c1cn(-c2ccccc2)nc1-c1cccs1)N1CCC(c2nc(C3CC3)n[nH]2)CC1. The van der Waals surface area contributed by atoms with Crippen LogP contribution in [0.15, 0.2) is 54.0 Å². The summed E-state index contributed by atoms with van der Waals surface area (Å²) in [6.45, 7) is 1.42. The molecule has 3 aromatic heterocycles. The summed E-state index contributed by atoms with van der Waals surface area (Å²) < 4.78 is 1.81. The van der Waals surface area contributed by atoms with Crippen LogP contribution in [0.1, 0.15) is 59.5 Å². The number of aromatic nitrogens is 5. The third-order valence-electron chi connectivity index (χ3n) is 6.35. The summed E-state index contributed by atoms with van der Waals surface area (Å²) >= 11 is 1.60. The molecule has 6 rings (SSSR count). The third kappa shape index (κ3) is 3.64. The number of thiophene rings is 1. The van der Waals surface area contributed by atoms with Crippen molar-refractivity contribution in [2.75, 3.05) is 13.1 Å². The number of likely N-dealkylation sites (tertiary alicyclic amines) is 1. The van der Waals surface area contributed by atoms with Crippen LogP contribution in [0.2, 0.25) is 0 Å². The van der Waals surface area contributed by atoms with Crippen molar-refractivity contribution in [2.24, 2.45) is 0 Å². The lowest BCUT2D eigenvalue weighted by atomic mass is 9.95. The average molecular weight is 445 g/mol. The molecule has 2 fully saturated rings. The summed E-state index contributed by atoms with van der Waals surface area (Å²) in [7, 11) is 0. The molecule has 4 heterocycles. The van der Waals surface area contributed by atoms with Gasteiger partial charge in [0.15, 0.2) is 5.82 Å². The molecule has 0 radical (unpaired) electrons. The van der Waals surface area contributed by atoms with Crippen molar-refractivity contribution >= 4 is 17.2 Å². The van der Waals surface area contributed by atoms with Crippen molar-refractivity contribution in [2.45, 2.75) is 37.5 Å². The molecule has 1 aliphatic heterocycles. The van der Waals surface area contributed by atoms with Gasteiger partial charge in [-0.15, -0.1) is 11.3 Å². The van der Waals surface area contributed by atoms with Crippen LogP contribution < -0.4 is 0 Å². The molecule has 32 heavy (non-hydrogen) atoms. The first-order valence-corrected chi connectivity index (χ1v) is 12.0. The van der Waals surface area contributed by atoms with Gasteiger partial charge in [-0.1, -0.05) is 24.3 Å². The second kappa shape index (κ2) is 8.02. The number of para-hydroxylation sites is 1. The standard InChI is InChI=1S/C24H24N6OS/c31-24(29-12-10-17(11-13-29)23-25-22(26-27-23)16-8-9-16)19-15-30(18-5-2-1-3-6-18)28-21(19)20-7-4-14-32-20/h1-7,14-17H,8-13H2,(H,25,26,27). The fraction of sp³-hybridized carbons (Fsp3) is 0.333. The van der Waals surface area contributed by atoms with Crippen LogP contribution in [0.3, 0.4) is 0 Å². The number of nitrogens with one attached hydrogen (secondary N) is 1. The molecule has 1 aromatic carbocycles. The number of piperidine rings is 1. The Hall–Kier alpha value is -3.26. The Morgan fingerprint density at radius 1 is 1.00 bits per heavy atom. The number of carbonyl (C=O) groups is 1. The Balaban J connectivity index is 1.22. The zero-order chi connectivity index (χ0) is 21.5. The summed E-state index contributed by atoms with van der Waals surface area (Å²) in [4.78, 5) is 21.2. The molecule has 1 saturated carbocycles. The van der Waals surface area contributed by atoms with Gasteiger partial charge in [0.25, 0.3) is 5.91 Å². The molecule has 7 nitrogen and oxygen atoms in total. The first-order chi connectivity index (χ1) is 15.8. The van der Waals surface area contributed by atoms with E-state index in [9.17, 15) is 4.79 Å². The largest absolute Gasteiger partial charge is 0.338 e. The molecule has 0 bridgehead atoms. The Kier molecular flexibility index (Phi) is 4.87. The van der Waals surface area contributed by atoms with Crippen LogP contribution in [0.4, 0.5) is 0 Å². The van der Waals surface area contributed by atoms with Crippen molar-refractivity contribution in [3.8, 4) is 16.3 Å². The molecule has 1 N–H and O–H groups in total. The van der Waals surface area contributed by atoms with Gasteiger partial charge < -0.3 is 4.90 Å². The Morgan fingerprint density at radius 2 is 1.81 bits per heavy atom. The predicted molar refractivity (Wildman–Crippen MR) is 123 cm³/mol. The second-order valence-corrected chi connectivity index (χ2v) is 9.52. The quantitative estimate of drug-likeness (QED) is 0.487. The van der Waals surface area contributed by atoms with Crippen LogP contribution >= 0.6 is 11.3 Å². The van der Waals surface area contributed by atoms with Gasteiger partial charge in [-0.05, 0) is 49.3 Å². The number of H-pyrrole nitrogens is 1. The summed E-state index contributed by atoms with van der Waals surface area (Å²) in [5, 5.41) is 14.3. The maximum absolute atomic E-state index is 13.5. The van der Waals surface area contributed by atoms with Crippen molar-refractivity contribution in [1.29, 1.82) is 0 Å². The highest BCUT2D eigenvalue weighted by atomic mass is 32.1. The van der Waals surface area contributed by atoms with E-state index in [0.29, 0.717) is 30.5 Å². The topological polar surface area (TPSA) is 79.7 Å². The molecule has 0 unspecified atom stereocenters. The van der Waals surface area contributed by atoms with Crippen LogP contribution in [-0.4, -0.2) is 48.9 Å². The highest BCUT2D eigenvalue weighted by Gasteiger charge is 2.32. The van der Waals surface area contributed by atoms with E-state index in [0.717, 1.165) is 40.7 Å². The third-order valence-corrected chi connectivity index (χ3v) is 7.23. The smallest absolute Gasteiger partial charge is 0.257 e. The van der Waals surface area contributed by atoms with Gasteiger partial charge in [0, 0.05) is 31.1 Å². The normalized spacial score (nSPS) is 17.1. The lowest BCUT2D eigenvalue weighted by molar-refractivity contribution is 0.0712. The monoisotopic (exact) mass is 444 g/mol. The van der Waals surface area contributed by atoms with Gasteiger partial charge in [-0.25, -0.2) is 9.67 Å². The fourth-order valence-corrected chi connectivity index (χ4v) is 5.08. The van der Waals surface area contributed by atoms with Crippen molar-refractivity contribution in [3.63, 3.8) is 0 Å². The van der Waals surface area contributed by atoms with E-state index >= 15 is 0 Å². The summed E-state index contributed by atoms with van der Waals surface area (Å²) in [5.41, 5.74) is 2.35. The maximum atomic E-state index is 13.5. The number of nitrogens with zero attached hydrogens (tertiary/aromatic N) is 5. The minimum atomic E-state index is 0.0465. The van der Waals surface area contributed by atoms with Crippen LogP contribution in [0.25, 0.3) is 16.3 Å². The summed E-state index contributed by atoms with van der Waals surface area (Å²) in [5.74, 6) is 2.88.